The fraction of sp³-hybridized carbons (Fsp3) is 0.481. The number of benzene rings is 2. The number of fused-ring (bicyclic) bond motifs is 1. The molecule has 0 aliphatic carbocycles. The summed E-state index contributed by atoms with van der Waals surface area (Å²) in [5.41, 5.74) is 5.96. The van der Waals surface area contributed by atoms with Crippen molar-refractivity contribution >= 4 is 46.6 Å². The number of azo groups is 1. The molecule has 0 fully saturated rings. The highest BCUT2D eigenvalue weighted by molar-refractivity contribution is 6.34. The molecule has 3 rings (SSSR count). The smallest absolute Gasteiger partial charge is 0.410 e. The summed E-state index contributed by atoms with van der Waals surface area (Å²) in [4.78, 5) is 25.1. The van der Waals surface area contributed by atoms with Gasteiger partial charge in [0.2, 0.25) is 0 Å². The maximum atomic E-state index is 12.9. The molecule has 1 heterocycles. The van der Waals surface area contributed by atoms with Crippen LogP contribution in [0, 0.1) is 0 Å². The SMILES string of the molecule is CC(C)(C)OC(=O)N(CCOc1ccc2c(c1)N=N[C@]2(Cl)C(=O)OC(C)(C)C)CC(O)c1ccc(Cl)c(N)c1. The lowest BCUT2D eigenvalue weighted by Gasteiger charge is -2.29. The van der Waals surface area contributed by atoms with E-state index in [4.69, 9.17) is 43.1 Å². The Labute approximate surface area is 238 Å². The van der Waals surface area contributed by atoms with Crippen molar-refractivity contribution in [2.24, 2.45) is 10.2 Å². The zero-order chi connectivity index (χ0) is 29.2. The van der Waals surface area contributed by atoms with E-state index in [2.05, 4.69) is 10.2 Å². The summed E-state index contributed by atoms with van der Waals surface area (Å²) in [6.45, 7) is 10.6. The Balaban J connectivity index is 1.69. The molecule has 10 nitrogen and oxygen atoms in total. The summed E-state index contributed by atoms with van der Waals surface area (Å²) in [7, 11) is 0. The van der Waals surface area contributed by atoms with E-state index in [1.807, 2.05) is 0 Å². The van der Waals surface area contributed by atoms with Gasteiger partial charge in [-0.1, -0.05) is 29.3 Å². The molecule has 0 saturated heterocycles. The van der Waals surface area contributed by atoms with Gasteiger partial charge in [0.1, 0.15) is 23.6 Å². The Hall–Kier alpha value is -3.08. The molecule has 39 heavy (non-hydrogen) atoms. The number of nitrogens with zero attached hydrogens (tertiary/aromatic N) is 3. The van der Waals surface area contributed by atoms with Crippen LogP contribution < -0.4 is 10.5 Å². The Morgan fingerprint density at radius 2 is 1.74 bits per heavy atom. The molecule has 0 saturated carbocycles. The number of nitrogens with two attached hydrogens (primary N) is 1. The second-order valence-corrected chi connectivity index (χ2v) is 12.0. The molecule has 0 radical (unpaired) electrons. The summed E-state index contributed by atoms with van der Waals surface area (Å²) >= 11 is 12.5. The minimum atomic E-state index is -1.77. The first kappa shape index (κ1) is 30.5. The van der Waals surface area contributed by atoms with Crippen molar-refractivity contribution in [3.05, 3.63) is 52.5 Å². The summed E-state index contributed by atoms with van der Waals surface area (Å²) in [5, 5.41) is 19.1. The number of nitrogen functional groups attached to an aromatic ring is 1. The predicted octanol–water partition coefficient (Wildman–Crippen LogP) is 6.10. The highest BCUT2D eigenvalue weighted by atomic mass is 35.5. The van der Waals surface area contributed by atoms with E-state index in [1.165, 1.54) is 4.90 Å². The Bertz CT molecular complexity index is 1260. The number of carbonyl (C=O) groups is 2. The van der Waals surface area contributed by atoms with E-state index in [9.17, 15) is 14.7 Å². The Kier molecular flexibility index (Phi) is 9.04. The molecule has 0 spiro atoms. The lowest BCUT2D eigenvalue weighted by atomic mass is 10.1. The third-order valence-electron chi connectivity index (χ3n) is 5.37. The van der Waals surface area contributed by atoms with Crippen LogP contribution in [0.3, 0.4) is 0 Å². The molecule has 2 aromatic carbocycles. The zero-order valence-electron chi connectivity index (χ0n) is 22.8. The molecule has 12 heteroatoms. The van der Waals surface area contributed by atoms with Crippen LogP contribution in [0.4, 0.5) is 16.2 Å². The minimum absolute atomic E-state index is 0.0671. The highest BCUT2D eigenvalue weighted by Gasteiger charge is 2.47. The standard InChI is InChI=1S/C27H34Cl2N4O6/c1-25(2,3)38-23(35)27(29)18-9-8-17(14-21(18)31-32-27)37-12-11-33(24(36)39-26(4,5)6)15-22(34)16-7-10-19(28)20(30)13-16/h7-10,13-14,22,34H,11-12,15,30H2,1-6H3/t22?,27-/m0/s1. The second-order valence-electron chi connectivity index (χ2n) is 11.1. The number of carbonyl (C=O) groups excluding carboxylic acids is 2. The predicted molar refractivity (Wildman–Crippen MR) is 148 cm³/mol. The van der Waals surface area contributed by atoms with Crippen molar-refractivity contribution < 1.29 is 28.9 Å². The van der Waals surface area contributed by atoms with Gasteiger partial charge in [-0.25, -0.2) is 9.59 Å². The van der Waals surface area contributed by atoms with Crippen molar-refractivity contribution in [3.63, 3.8) is 0 Å². The molecule has 0 bridgehead atoms. The van der Waals surface area contributed by atoms with Crippen LogP contribution in [0.25, 0.3) is 0 Å². The number of aliphatic hydroxyl groups is 1. The van der Waals surface area contributed by atoms with E-state index in [-0.39, 0.29) is 19.7 Å². The third-order valence-corrected chi connectivity index (χ3v) is 6.15. The summed E-state index contributed by atoms with van der Waals surface area (Å²) in [6.07, 6.45) is -1.65. The number of ether oxygens (including phenoxy) is 3. The maximum absolute atomic E-state index is 12.9. The van der Waals surface area contributed by atoms with Gasteiger partial charge >= 0.3 is 12.1 Å². The van der Waals surface area contributed by atoms with Crippen LogP contribution in [0.5, 0.6) is 5.75 Å². The van der Waals surface area contributed by atoms with Gasteiger partial charge in [0.05, 0.1) is 35.6 Å². The van der Waals surface area contributed by atoms with Gasteiger partial charge in [0, 0.05) is 11.6 Å². The van der Waals surface area contributed by atoms with Crippen LogP contribution >= 0.6 is 23.2 Å². The molecule has 1 aliphatic heterocycles. The molecule has 212 valence electrons. The number of amides is 1. The highest BCUT2D eigenvalue weighted by Crippen LogP contribution is 2.46. The number of alkyl halides is 1. The van der Waals surface area contributed by atoms with Crippen molar-refractivity contribution in [1.82, 2.24) is 4.90 Å². The number of aliphatic hydroxyl groups excluding tert-OH is 1. The number of anilines is 1. The number of esters is 1. The van der Waals surface area contributed by atoms with Crippen molar-refractivity contribution in [3.8, 4) is 5.75 Å². The van der Waals surface area contributed by atoms with E-state index in [0.717, 1.165) is 0 Å². The molecule has 3 N–H and O–H groups in total. The topological polar surface area (TPSA) is 136 Å². The quantitative estimate of drug-likeness (QED) is 0.166. The minimum Gasteiger partial charge on any atom is -0.492 e. The lowest BCUT2D eigenvalue weighted by molar-refractivity contribution is -0.158. The molecular weight excluding hydrogens is 547 g/mol. The fourth-order valence-electron chi connectivity index (χ4n) is 3.58. The zero-order valence-corrected chi connectivity index (χ0v) is 24.3. The van der Waals surface area contributed by atoms with E-state index < -0.39 is 34.4 Å². The Morgan fingerprint density at radius 3 is 2.36 bits per heavy atom. The lowest BCUT2D eigenvalue weighted by Crippen LogP contribution is -2.41. The molecule has 2 aromatic rings. The van der Waals surface area contributed by atoms with Gasteiger partial charge in [-0.2, -0.15) is 5.11 Å². The second kappa shape index (κ2) is 11.6. The fourth-order valence-corrected chi connectivity index (χ4v) is 3.93. The normalized spacial score (nSPS) is 17.4. The van der Waals surface area contributed by atoms with E-state index >= 15 is 0 Å². The van der Waals surface area contributed by atoms with E-state index in [0.29, 0.717) is 33.3 Å². The first-order chi connectivity index (χ1) is 18.0. The van der Waals surface area contributed by atoms with Crippen LogP contribution in [-0.4, -0.2) is 53.0 Å². The van der Waals surface area contributed by atoms with Gasteiger partial charge in [-0.15, -0.1) is 5.11 Å². The average Bonchev–Trinajstić information content (AvgIpc) is 3.15. The number of hydrogen-bond donors (Lipinski definition) is 2. The first-order valence-electron chi connectivity index (χ1n) is 12.3. The third kappa shape index (κ3) is 7.97. The van der Waals surface area contributed by atoms with Crippen molar-refractivity contribution in [2.45, 2.75) is 63.8 Å². The average molecular weight is 581 g/mol. The van der Waals surface area contributed by atoms with Gasteiger partial charge < -0.3 is 30.0 Å². The van der Waals surface area contributed by atoms with Crippen LogP contribution in [0.2, 0.25) is 5.02 Å². The summed E-state index contributed by atoms with van der Waals surface area (Å²) in [6, 6.07) is 9.60. The number of rotatable bonds is 8. The van der Waals surface area contributed by atoms with Gasteiger partial charge in [0.25, 0.3) is 5.00 Å². The monoisotopic (exact) mass is 580 g/mol. The van der Waals surface area contributed by atoms with Crippen LogP contribution in [0.1, 0.15) is 58.8 Å². The van der Waals surface area contributed by atoms with Crippen molar-refractivity contribution in [1.29, 1.82) is 0 Å². The molecule has 1 aliphatic rings. The van der Waals surface area contributed by atoms with Gasteiger partial charge in [-0.3, -0.25) is 0 Å². The molecule has 1 unspecified atom stereocenters. The first-order valence-corrected chi connectivity index (χ1v) is 13.1. The Morgan fingerprint density at radius 1 is 1.08 bits per heavy atom. The molecule has 1 amide bonds. The largest absolute Gasteiger partial charge is 0.492 e. The number of hydrogen-bond acceptors (Lipinski definition) is 9. The summed E-state index contributed by atoms with van der Waals surface area (Å²) in [5.74, 6) is -0.296. The van der Waals surface area contributed by atoms with E-state index in [1.54, 1.807) is 77.9 Å². The van der Waals surface area contributed by atoms with Crippen LogP contribution in [0.15, 0.2) is 46.6 Å². The van der Waals surface area contributed by atoms with Gasteiger partial charge in [-0.05, 0) is 71.4 Å². The molecule has 2 atom stereocenters. The molecule has 0 aromatic heterocycles. The van der Waals surface area contributed by atoms with Crippen LogP contribution in [-0.2, 0) is 19.3 Å². The number of halogens is 2. The molecular formula is C27H34Cl2N4O6. The van der Waals surface area contributed by atoms with Gasteiger partial charge in [0.15, 0.2) is 0 Å². The maximum Gasteiger partial charge on any atom is 0.410 e. The van der Waals surface area contributed by atoms with Crippen molar-refractivity contribution in [2.75, 3.05) is 25.4 Å². The summed E-state index contributed by atoms with van der Waals surface area (Å²) < 4.78 is 16.8.